The van der Waals surface area contributed by atoms with E-state index < -0.39 is 0 Å². The monoisotopic (exact) mass is 264 g/mol. The standard InChI is InChI=1S/C16H24O3/c1-6-12(4)19-13-9-15(17)14(8-7-11(2)3)16(10-13)18-5/h7,9-10,12,17H,6,8H2,1-5H3. The first-order valence-corrected chi connectivity index (χ1v) is 6.67. The molecule has 0 aliphatic heterocycles. The Bertz CT molecular complexity index is 446. The number of methoxy groups -OCH3 is 1. The van der Waals surface area contributed by atoms with Crippen molar-refractivity contribution in [3.63, 3.8) is 0 Å². The van der Waals surface area contributed by atoms with Gasteiger partial charge in [0.2, 0.25) is 0 Å². The average Bonchev–Trinajstić information content (AvgIpc) is 2.36. The zero-order valence-corrected chi connectivity index (χ0v) is 12.5. The highest BCUT2D eigenvalue weighted by atomic mass is 16.5. The molecule has 0 aromatic heterocycles. The second-order valence-electron chi connectivity index (χ2n) is 4.95. The summed E-state index contributed by atoms with van der Waals surface area (Å²) in [4.78, 5) is 0. The van der Waals surface area contributed by atoms with Crippen molar-refractivity contribution >= 4 is 0 Å². The summed E-state index contributed by atoms with van der Waals surface area (Å²) in [5.74, 6) is 1.52. The first-order chi connectivity index (χ1) is 8.97. The molecule has 0 fully saturated rings. The Morgan fingerprint density at radius 3 is 2.58 bits per heavy atom. The van der Waals surface area contributed by atoms with Gasteiger partial charge in [-0.15, -0.1) is 0 Å². The van der Waals surface area contributed by atoms with Crippen molar-refractivity contribution in [1.82, 2.24) is 0 Å². The Morgan fingerprint density at radius 1 is 1.37 bits per heavy atom. The van der Waals surface area contributed by atoms with Crippen LogP contribution in [0.25, 0.3) is 0 Å². The predicted octanol–water partition coefficient (Wildman–Crippen LogP) is 4.09. The SMILES string of the molecule is CCC(C)Oc1cc(O)c(CC=C(C)C)c(OC)c1. The number of allylic oxidation sites excluding steroid dienone is 2. The summed E-state index contributed by atoms with van der Waals surface area (Å²) in [5, 5.41) is 10.1. The van der Waals surface area contributed by atoms with E-state index in [4.69, 9.17) is 9.47 Å². The number of rotatable bonds is 6. The van der Waals surface area contributed by atoms with Gasteiger partial charge < -0.3 is 14.6 Å². The molecule has 0 spiro atoms. The van der Waals surface area contributed by atoms with E-state index in [1.165, 1.54) is 5.57 Å². The number of ether oxygens (including phenoxy) is 2. The van der Waals surface area contributed by atoms with Crippen LogP contribution in [0.2, 0.25) is 0 Å². The van der Waals surface area contributed by atoms with Crippen LogP contribution in [0.1, 0.15) is 39.7 Å². The molecule has 19 heavy (non-hydrogen) atoms. The minimum Gasteiger partial charge on any atom is -0.507 e. The molecule has 1 rings (SSSR count). The van der Waals surface area contributed by atoms with Gasteiger partial charge in [0.05, 0.1) is 13.2 Å². The highest BCUT2D eigenvalue weighted by Gasteiger charge is 2.12. The smallest absolute Gasteiger partial charge is 0.129 e. The molecule has 0 bridgehead atoms. The number of hydrogen-bond donors (Lipinski definition) is 1. The number of aromatic hydroxyl groups is 1. The molecule has 0 radical (unpaired) electrons. The Labute approximate surface area is 115 Å². The molecule has 1 aromatic carbocycles. The van der Waals surface area contributed by atoms with E-state index in [1.807, 2.05) is 26.8 Å². The number of phenolic OH excluding ortho intramolecular Hbond substituents is 1. The van der Waals surface area contributed by atoms with E-state index in [-0.39, 0.29) is 11.9 Å². The van der Waals surface area contributed by atoms with Gasteiger partial charge in [-0.05, 0) is 33.6 Å². The lowest BCUT2D eigenvalue weighted by Gasteiger charge is -2.16. The maximum Gasteiger partial charge on any atom is 0.129 e. The van der Waals surface area contributed by atoms with Gasteiger partial charge in [0.25, 0.3) is 0 Å². The van der Waals surface area contributed by atoms with Crippen LogP contribution in [0, 0.1) is 0 Å². The van der Waals surface area contributed by atoms with E-state index in [1.54, 1.807) is 13.2 Å². The summed E-state index contributed by atoms with van der Waals surface area (Å²) in [6, 6.07) is 3.49. The minimum absolute atomic E-state index is 0.118. The Morgan fingerprint density at radius 2 is 2.05 bits per heavy atom. The first kappa shape index (κ1) is 15.4. The fourth-order valence-electron chi connectivity index (χ4n) is 1.68. The normalized spacial score (nSPS) is 11.8. The quantitative estimate of drug-likeness (QED) is 0.787. The molecule has 3 heteroatoms. The van der Waals surface area contributed by atoms with Gasteiger partial charge in [-0.2, -0.15) is 0 Å². The van der Waals surface area contributed by atoms with Crippen LogP contribution in [0.4, 0.5) is 0 Å². The molecule has 0 saturated carbocycles. The number of hydrogen-bond acceptors (Lipinski definition) is 3. The third-order valence-electron chi connectivity index (χ3n) is 3.01. The van der Waals surface area contributed by atoms with Crippen LogP contribution in [0.5, 0.6) is 17.2 Å². The third-order valence-corrected chi connectivity index (χ3v) is 3.01. The molecule has 1 aromatic rings. The van der Waals surface area contributed by atoms with Crippen molar-refractivity contribution in [2.24, 2.45) is 0 Å². The van der Waals surface area contributed by atoms with Gasteiger partial charge in [-0.3, -0.25) is 0 Å². The summed E-state index contributed by atoms with van der Waals surface area (Å²) < 4.78 is 11.1. The average molecular weight is 264 g/mol. The molecule has 0 heterocycles. The zero-order chi connectivity index (χ0) is 14.4. The van der Waals surface area contributed by atoms with E-state index in [0.29, 0.717) is 17.9 Å². The lowest BCUT2D eigenvalue weighted by Crippen LogP contribution is -2.09. The fourth-order valence-corrected chi connectivity index (χ4v) is 1.68. The van der Waals surface area contributed by atoms with Crippen molar-refractivity contribution in [2.45, 2.75) is 46.6 Å². The van der Waals surface area contributed by atoms with Crippen molar-refractivity contribution in [3.05, 3.63) is 29.3 Å². The second kappa shape index (κ2) is 7.07. The summed E-state index contributed by atoms with van der Waals surface area (Å²) in [7, 11) is 1.60. The number of benzene rings is 1. The van der Waals surface area contributed by atoms with Crippen LogP contribution >= 0.6 is 0 Å². The van der Waals surface area contributed by atoms with Crippen molar-refractivity contribution < 1.29 is 14.6 Å². The highest BCUT2D eigenvalue weighted by Crippen LogP contribution is 2.34. The van der Waals surface area contributed by atoms with Gasteiger partial charge in [-0.25, -0.2) is 0 Å². The maximum atomic E-state index is 10.1. The molecule has 1 N–H and O–H groups in total. The van der Waals surface area contributed by atoms with Crippen LogP contribution in [0.15, 0.2) is 23.8 Å². The van der Waals surface area contributed by atoms with Crippen molar-refractivity contribution in [2.75, 3.05) is 7.11 Å². The molecular formula is C16H24O3. The highest BCUT2D eigenvalue weighted by molar-refractivity contribution is 5.51. The van der Waals surface area contributed by atoms with Gasteiger partial charge in [0, 0.05) is 17.7 Å². The van der Waals surface area contributed by atoms with Gasteiger partial charge in [0.1, 0.15) is 17.2 Å². The Balaban J connectivity index is 3.04. The zero-order valence-electron chi connectivity index (χ0n) is 12.5. The lowest BCUT2D eigenvalue weighted by atomic mass is 10.1. The molecule has 0 aliphatic carbocycles. The van der Waals surface area contributed by atoms with Gasteiger partial charge in [-0.1, -0.05) is 18.6 Å². The van der Waals surface area contributed by atoms with E-state index in [0.717, 1.165) is 12.0 Å². The first-order valence-electron chi connectivity index (χ1n) is 6.67. The third kappa shape index (κ3) is 4.51. The minimum atomic E-state index is 0.118. The maximum absolute atomic E-state index is 10.1. The van der Waals surface area contributed by atoms with Gasteiger partial charge in [0.15, 0.2) is 0 Å². The molecule has 0 saturated heterocycles. The van der Waals surface area contributed by atoms with E-state index >= 15 is 0 Å². The molecule has 3 nitrogen and oxygen atoms in total. The summed E-state index contributed by atoms with van der Waals surface area (Å²) in [6.07, 6.45) is 3.75. The molecule has 0 amide bonds. The lowest BCUT2D eigenvalue weighted by molar-refractivity contribution is 0.215. The van der Waals surface area contributed by atoms with Crippen molar-refractivity contribution in [1.29, 1.82) is 0 Å². The molecule has 1 atom stereocenters. The van der Waals surface area contributed by atoms with Crippen LogP contribution in [0.3, 0.4) is 0 Å². The number of phenols is 1. The predicted molar refractivity (Wildman–Crippen MR) is 78.2 cm³/mol. The van der Waals surface area contributed by atoms with E-state index in [2.05, 4.69) is 13.0 Å². The van der Waals surface area contributed by atoms with Crippen LogP contribution in [-0.4, -0.2) is 18.3 Å². The molecule has 0 aliphatic rings. The molecular weight excluding hydrogens is 240 g/mol. The largest absolute Gasteiger partial charge is 0.507 e. The Kier molecular flexibility index (Phi) is 5.74. The summed E-state index contributed by atoms with van der Waals surface area (Å²) >= 11 is 0. The Hall–Kier alpha value is -1.64. The summed E-state index contributed by atoms with van der Waals surface area (Å²) in [5.41, 5.74) is 2.00. The summed E-state index contributed by atoms with van der Waals surface area (Å²) in [6.45, 7) is 8.12. The topological polar surface area (TPSA) is 38.7 Å². The van der Waals surface area contributed by atoms with E-state index in [9.17, 15) is 5.11 Å². The fraction of sp³-hybridized carbons (Fsp3) is 0.500. The molecule has 1 unspecified atom stereocenters. The van der Waals surface area contributed by atoms with Gasteiger partial charge >= 0.3 is 0 Å². The van der Waals surface area contributed by atoms with Crippen LogP contribution in [-0.2, 0) is 6.42 Å². The second-order valence-corrected chi connectivity index (χ2v) is 4.95. The van der Waals surface area contributed by atoms with Crippen molar-refractivity contribution in [3.8, 4) is 17.2 Å². The van der Waals surface area contributed by atoms with Crippen LogP contribution < -0.4 is 9.47 Å². The molecule has 106 valence electrons.